The molecule has 1 rings (SSSR count). The van der Waals surface area contributed by atoms with Gasteiger partial charge in [0.2, 0.25) is 5.91 Å². The molecule has 0 aliphatic heterocycles. The molecule has 1 aliphatic rings. The largest absolute Gasteiger partial charge is 0.480 e. The molecule has 0 aromatic heterocycles. The standard InChI is InChI=1S/C15H28N2O3/c1-16(2)10-11-17(12-14(18)19)15(20)13-8-6-4-3-5-7-9-13/h13H,3-12H2,1-2H3,(H,18,19). The van der Waals surface area contributed by atoms with Crippen LogP contribution in [0.2, 0.25) is 0 Å². The van der Waals surface area contributed by atoms with Crippen molar-refractivity contribution in [2.45, 2.75) is 44.9 Å². The lowest BCUT2D eigenvalue weighted by atomic mass is 9.90. The minimum absolute atomic E-state index is 0.0248. The summed E-state index contributed by atoms with van der Waals surface area (Å²) in [4.78, 5) is 27.0. The highest BCUT2D eigenvalue weighted by atomic mass is 16.4. The number of rotatable bonds is 6. The molecule has 1 N–H and O–H groups in total. The van der Waals surface area contributed by atoms with Crippen molar-refractivity contribution in [2.24, 2.45) is 5.92 Å². The lowest BCUT2D eigenvalue weighted by Crippen LogP contribution is -2.43. The van der Waals surface area contributed by atoms with Crippen molar-refractivity contribution in [1.82, 2.24) is 9.80 Å². The summed E-state index contributed by atoms with van der Waals surface area (Å²) in [6.45, 7) is 1.02. The van der Waals surface area contributed by atoms with Gasteiger partial charge < -0.3 is 14.9 Å². The lowest BCUT2D eigenvalue weighted by Gasteiger charge is -2.28. The minimum Gasteiger partial charge on any atom is -0.480 e. The van der Waals surface area contributed by atoms with Crippen LogP contribution in [0.25, 0.3) is 0 Å². The number of amides is 1. The molecule has 0 radical (unpaired) electrons. The van der Waals surface area contributed by atoms with Gasteiger partial charge in [-0.05, 0) is 26.9 Å². The molecule has 0 aromatic carbocycles. The second-order valence-electron chi connectivity index (χ2n) is 6.00. The Morgan fingerprint density at radius 2 is 1.55 bits per heavy atom. The van der Waals surface area contributed by atoms with E-state index in [0.29, 0.717) is 13.1 Å². The Morgan fingerprint density at radius 1 is 1.00 bits per heavy atom. The Labute approximate surface area is 121 Å². The Hall–Kier alpha value is -1.10. The number of nitrogens with zero attached hydrogens (tertiary/aromatic N) is 2. The summed E-state index contributed by atoms with van der Waals surface area (Å²) in [6, 6.07) is 0. The van der Waals surface area contributed by atoms with E-state index in [0.717, 1.165) is 25.7 Å². The molecule has 20 heavy (non-hydrogen) atoms. The van der Waals surface area contributed by atoms with E-state index in [2.05, 4.69) is 0 Å². The SMILES string of the molecule is CN(C)CCN(CC(=O)O)C(=O)C1CCCCCCC1. The molecule has 1 amide bonds. The van der Waals surface area contributed by atoms with Crippen molar-refractivity contribution < 1.29 is 14.7 Å². The quantitative estimate of drug-likeness (QED) is 0.808. The van der Waals surface area contributed by atoms with Crippen LogP contribution in [-0.2, 0) is 9.59 Å². The van der Waals surface area contributed by atoms with E-state index in [1.54, 1.807) is 0 Å². The summed E-state index contributed by atoms with van der Waals surface area (Å²) >= 11 is 0. The molecule has 0 aromatic rings. The average Bonchev–Trinajstić information content (AvgIpc) is 2.32. The van der Waals surface area contributed by atoms with Crippen LogP contribution in [0.5, 0.6) is 0 Å². The number of carbonyl (C=O) groups is 2. The summed E-state index contributed by atoms with van der Waals surface area (Å²) < 4.78 is 0. The second-order valence-corrected chi connectivity index (χ2v) is 6.00. The molecule has 0 saturated heterocycles. The summed E-state index contributed by atoms with van der Waals surface area (Å²) in [5.74, 6) is -0.865. The van der Waals surface area contributed by atoms with E-state index in [9.17, 15) is 9.59 Å². The Bertz CT molecular complexity index is 310. The smallest absolute Gasteiger partial charge is 0.323 e. The van der Waals surface area contributed by atoms with Gasteiger partial charge in [-0.2, -0.15) is 0 Å². The molecule has 0 bridgehead atoms. The van der Waals surface area contributed by atoms with Gasteiger partial charge in [-0.15, -0.1) is 0 Å². The first-order valence-corrected chi connectivity index (χ1v) is 7.66. The normalized spacial score (nSPS) is 17.6. The van der Waals surface area contributed by atoms with Gasteiger partial charge in [0.1, 0.15) is 6.54 Å². The maximum Gasteiger partial charge on any atom is 0.323 e. The number of carboxylic acid groups (broad SMARTS) is 1. The molecule has 0 unspecified atom stereocenters. The topological polar surface area (TPSA) is 60.9 Å². The van der Waals surface area contributed by atoms with E-state index in [1.165, 1.54) is 24.2 Å². The van der Waals surface area contributed by atoms with Gasteiger partial charge in [-0.3, -0.25) is 9.59 Å². The zero-order chi connectivity index (χ0) is 15.0. The third kappa shape index (κ3) is 6.37. The van der Waals surface area contributed by atoms with Crippen LogP contribution < -0.4 is 0 Å². The third-order valence-electron chi connectivity index (χ3n) is 3.91. The fraction of sp³-hybridized carbons (Fsp3) is 0.867. The molecular weight excluding hydrogens is 256 g/mol. The molecule has 1 fully saturated rings. The molecule has 0 atom stereocenters. The minimum atomic E-state index is -0.928. The highest BCUT2D eigenvalue weighted by molar-refractivity contribution is 5.83. The van der Waals surface area contributed by atoms with Crippen LogP contribution in [0, 0.1) is 5.92 Å². The van der Waals surface area contributed by atoms with Gasteiger partial charge in [0.25, 0.3) is 0 Å². The van der Waals surface area contributed by atoms with Gasteiger partial charge in [0, 0.05) is 19.0 Å². The first kappa shape index (κ1) is 17.0. The maximum atomic E-state index is 12.6. The Balaban J connectivity index is 2.60. The van der Waals surface area contributed by atoms with Gasteiger partial charge in [-0.25, -0.2) is 0 Å². The number of hydrogen-bond donors (Lipinski definition) is 1. The molecule has 0 heterocycles. The summed E-state index contributed by atoms with van der Waals surface area (Å²) in [7, 11) is 3.86. The maximum absolute atomic E-state index is 12.6. The predicted octanol–water partition coefficient (Wildman–Crippen LogP) is 1.82. The van der Waals surface area contributed by atoms with E-state index >= 15 is 0 Å². The third-order valence-corrected chi connectivity index (χ3v) is 3.91. The zero-order valence-corrected chi connectivity index (χ0v) is 12.8. The monoisotopic (exact) mass is 284 g/mol. The van der Waals surface area contributed by atoms with Crippen molar-refractivity contribution in [3.8, 4) is 0 Å². The van der Waals surface area contributed by atoms with E-state index < -0.39 is 5.97 Å². The van der Waals surface area contributed by atoms with Crippen LogP contribution in [0.15, 0.2) is 0 Å². The molecular formula is C15H28N2O3. The fourth-order valence-corrected chi connectivity index (χ4v) is 2.71. The van der Waals surface area contributed by atoms with E-state index in [1.807, 2.05) is 19.0 Å². The van der Waals surface area contributed by atoms with Crippen molar-refractivity contribution in [3.63, 3.8) is 0 Å². The van der Waals surface area contributed by atoms with E-state index in [-0.39, 0.29) is 18.4 Å². The Morgan fingerprint density at radius 3 is 2.05 bits per heavy atom. The number of hydrogen-bond acceptors (Lipinski definition) is 3. The number of carboxylic acids is 1. The van der Waals surface area contributed by atoms with Crippen molar-refractivity contribution >= 4 is 11.9 Å². The first-order valence-electron chi connectivity index (χ1n) is 7.66. The lowest BCUT2D eigenvalue weighted by molar-refractivity contribution is -0.146. The summed E-state index contributed by atoms with van der Waals surface area (Å²) in [6.07, 6.45) is 7.66. The van der Waals surface area contributed by atoms with Gasteiger partial charge >= 0.3 is 5.97 Å². The Kier molecular flexibility index (Phi) is 7.59. The molecule has 0 spiro atoms. The molecule has 116 valence electrons. The average molecular weight is 284 g/mol. The summed E-state index contributed by atoms with van der Waals surface area (Å²) in [5, 5.41) is 8.99. The van der Waals surface area contributed by atoms with Crippen molar-refractivity contribution in [2.75, 3.05) is 33.7 Å². The van der Waals surface area contributed by atoms with Crippen molar-refractivity contribution in [1.29, 1.82) is 0 Å². The molecule has 5 nitrogen and oxygen atoms in total. The van der Waals surface area contributed by atoms with Gasteiger partial charge in [0.05, 0.1) is 0 Å². The van der Waals surface area contributed by atoms with Crippen LogP contribution in [0.1, 0.15) is 44.9 Å². The highest BCUT2D eigenvalue weighted by Gasteiger charge is 2.25. The number of aliphatic carboxylic acids is 1. The highest BCUT2D eigenvalue weighted by Crippen LogP contribution is 2.24. The fourth-order valence-electron chi connectivity index (χ4n) is 2.71. The van der Waals surface area contributed by atoms with Crippen LogP contribution in [0.3, 0.4) is 0 Å². The van der Waals surface area contributed by atoms with Crippen LogP contribution in [0.4, 0.5) is 0 Å². The van der Waals surface area contributed by atoms with E-state index in [4.69, 9.17) is 5.11 Å². The van der Waals surface area contributed by atoms with Gasteiger partial charge in [-0.1, -0.05) is 32.1 Å². The van der Waals surface area contributed by atoms with Crippen LogP contribution in [-0.4, -0.2) is 60.5 Å². The summed E-state index contributed by atoms with van der Waals surface area (Å²) in [5.41, 5.74) is 0. The predicted molar refractivity (Wildman–Crippen MR) is 78.6 cm³/mol. The molecule has 5 heteroatoms. The van der Waals surface area contributed by atoms with Crippen LogP contribution >= 0.6 is 0 Å². The number of carbonyl (C=O) groups excluding carboxylic acids is 1. The first-order chi connectivity index (χ1) is 9.50. The molecule has 1 aliphatic carbocycles. The van der Waals surface area contributed by atoms with Gasteiger partial charge in [0.15, 0.2) is 0 Å². The second kappa shape index (κ2) is 8.95. The zero-order valence-electron chi connectivity index (χ0n) is 12.8. The van der Waals surface area contributed by atoms with Crippen molar-refractivity contribution in [3.05, 3.63) is 0 Å². The number of likely N-dealkylation sites (N-methyl/N-ethyl adjacent to an activating group) is 1. The molecule has 1 saturated carbocycles.